The first-order valence-corrected chi connectivity index (χ1v) is 8.18. The number of nitrogens with zero attached hydrogens (tertiary/aromatic N) is 3. The number of nitrogens with two attached hydrogens (primary N) is 1. The third kappa shape index (κ3) is 3.04. The Morgan fingerprint density at radius 1 is 1.26 bits per heavy atom. The first kappa shape index (κ1) is 15.8. The molecule has 1 aliphatic rings. The van der Waals surface area contributed by atoms with Gasteiger partial charge < -0.3 is 15.2 Å². The van der Waals surface area contributed by atoms with Gasteiger partial charge >= 0.3 is 0 Å². The van der Waals surface area contributed by atoms with Gasteiger partial charge in [0.1, 0.15) is 0 Å². The Bertz CT molecular complexity index is 787. The molecule has 4 rings (SSSR count). The highest BCUT2D eigenvalue weighted by Gasteiger charge is 2.21. The first-order chi connectivity index (χ1) is 10.8. The van der Waals surface area contributed by atoms with Gasteiger partial charge in [-0.2, -0.15) is 4.98 Å². The molecule has 2 N–H and O–H groups in total. The average Bonchev–Trinajstić information content (AvgIpc) is 3.19. The van der Waals surface area contributed by atoms with Crippen molar-refractivity contribution in [3.63, 3.8) is 0 Å². The lowest BCUT2D eigenvalue weighted by Gasteiger charge is -2.30. The minimum absolute atomic E-state index is 0. The van der Waals surface area contributed by atoms with E-state index in [1.165, 1.54) is 11.3 Å². The van der Waals surface area contributed by atoms with Crippen LogP contribution in [0.1, 0.15) is 17.9 Å². The van der Waals surface area contributed by atoms with E-state index in [4.69, 9.17) is 10.3 Å². The van der Waals surface area contributed by atoms with E-state index in [2.05, 4.69) is 21.1 Å². The summed E-state index contributed by atoms with van der Waals surface area (Å²) in [6.07, 6.45) is 2.12. The van der Waals surface area contributed by atoms with Gasteiger partial charge in [-0.05, 0) is 42.0 Å². The zero-order valence-corrected chi connectivity index (χ0v) is 14.1. The van der Waals surface area contributed by atoms with Crippen molar-refractivity contribution in [2.24, 2.45) is 0 Å². The smallest absolute Gasteiger partial charge is 0.246 e. The average molecular weight is 349 g/mol. The number of rotatable bonds is 3. The van der Waals surface area contributed by atoms with E-state index >= 15 is 0 Å². The predicted molar refractivity (Wildman–Crippen MR) is 95.1 cm³/mol. The third-order valence-electron chi connectivity index (χ3n) is 3.92. The van der Waals surface area contributed by atoms with E-state index in [0.717, 1.165) is 30.0 Å². The predicted octanol–water partition coefficient (Wildman–Crippen LogP) is 3.75. The summed E-state index contributed by atoms with van der Waals surface area (Å²) in [6, 6.07) is 10.1. The van der Waals surface area contributed by atoms with Gasteiger partial charge in [0.2, 0.25) is 11.7 Å². The Morgan fingerprint density at radius 3 is 3.00 bits per heavy atom. The van der Waals surface area contributed by atoms with E-state index in [0.29, 0.717) is 18.3 Å². The van der Waals surface area contributed by atoms with Gasteiger partial charge in [0.15, 0.2) is 0 Å². The van der Waals surface area contributed by atoms with Crippen molar-refractivity contribution in [2.75, 3.05) is 17.2 Å². The largest absolute Gasteiger partial charge is 0.398 e. The molecule has 0 fully saturated rings. The Kier molecular flexibility index (Phi) is 4.54. The van der Waals surface area contributed by atoms with Crippen LogP contribution in [0.2, 0.25) is 0 Å². The van der Waals surface area contributed by atoms with Crippen LogP contribution in [0, 0.1) is 0 Å². The maximum absolute atomic E-state index is 6.09. The summed E-state index contributed by atoms with van der Waals surface area (Å²) in [6.45, 7) is 1.60. The Hall–Kier alpha value is -2.05. The van der Waals surface area contributed by atoms with Gasteiger partial charge in [-0.1, -0.05) is 17.3 Å². The summed E-state index contributed by atoms with van der Waals surface area (Å²) >= 11 is 1.61. The Balaban J connectivity index is 0.00000156. The molecule has 1 aliphatic heterocycles. The van der Waals surface area contributed by atoms with Crippen molar-refractivity contribution >= 4 is 35.1 Å². The fourth-order valence-electron chi connectivity index (χ4n) is 2.88. The number of thiophene rings is 1. The number of halogens is 1. The number of aromatic nitrogens is 2. The van der Waals surface area contributed by atoms with Crippen molar-refractivity contribution in [3.8, 4) is 10.7 Å². The lowest BCUT2D eigenvalue weighted by atomic mass is 10.00. The van der Waals surface area contributed by atoms with Gasteiger partial charge in [0, 0.05) is 17.9 Å². The lowest BCUT2D eigenvalue weighted by Crippen LogP contribution is -2.29. The SMILES string of the molecule is Cl.Nc1cccc2c1CCCN2Cc1nc(-c2cccs2)no1. The highest BCUT2D eigenvalue weighted by molar-refractivity contribution is 7.13. The molecule has 2 aromatic heterocycles. The number of anilines is 2. The van der Waals surface area contributed by atoms with E-state index < -0.39 is 0 Å². The van der Waals surface area contributed by atoms with Gasteiger partial charge in [0.05, 0.1) is 11.4 Å². The summed E-state index contributed by atoms with van der Waals surface area (Å²) in [5.41, 5.74) is 9.37. The summed E-state index contributed by atoms with van der Waals surface area (Å²) in [7, 11) is 0. The summed E-state index contributed by atoms with van der Waals surface area (Å²) < 4.78 is 5.41. The van der Waals surface area contributed by atoms with Crippen LogP contribution in [0.4, 0.5) is 11.4 Å². The standard InChI is InChI=1S/C16H16N4OS.ClH/c17-12-5-1-6-13-11(12)4-2-8-20(13)10-15-18-16(19-21-15)14-7-3-9-22-14;/h1,3,5-7,9H,2,4,8,10,17H2;1H. The highest BCUT2D eigenvalue weighted by atomic mass is 35.5. The molecule has 0 saturated heterocycles. The van der Waals surface area contributed by atoms with Crippen LogP contribution in [0.5, 0.6) is 0 Å². The molecule has 23 heavy (non-hydrogen) atoms. The van der Waals surface area contributed by atoms with Crippen LogP contribution >= 0.6 is 23.7 Å². The monoisotopic (exact) mass is 348 g/mol. The van der Waals surface area contributed by atoms with E-state index in [9.17, 15) is 0 Å². The van der Waals surface area contributed by atoms with E-state index in [1.54, 1.807) is 11.3 Å². The van der Waals surface area contributed by atoms with Crippen molar-refractivity contribution < 1.29 is 4.52 Å². The number of nitrogen functional groups attached to an aromatic ring is 1. The topological polar surface area (TPSA) is 68.2 Å². The van der Waals surface area contributed by atoms with E-state index in [-0.39, 0.29) is 12.4 Å². The molecule has 0 spiro atoms. The second kappa shape index (κ2) is 6.60. The lowest BCUT2D eigenvalue weighted by molar-refractivity contribution is 0.375. The maximum atomic E-state index is 6.09. The van der Waals surface area contributed by atoms with Gasteiger partial charge in [-0.3, -0.25) is 0 Å². The molecule has 120 valence electrons. The Morgan fingerprint density at radius 2 is 2.17 bits per heavy atom. The van der Waals surface area contributed by atoms with Crippen LogP contribution in [-0.2, 0) is 13.0 Å². The second-order valence-corrected chi connectivity index (χ2v) is 6.31. The van der Waals surface area contributed by atoms with Gasteiger partial charge in [0.25, 0.3) is 0 Å². The molecule has 1 aromatic carbocycles. The van der Waals surface area contributed by atoms with Crippen LogP contribution in [0.25, 0.3) is 10.7 Å². The molecule has 7 heteroatoms. The van der Waals surface area contributed by atoms with Crippen molar-refractivity contribution in [2.45, 2.75) is 19.4 Å². The molecule has 0 amide bonds. The highest BCUT2D eigenvalue weighted by Crippen LogP contribution is 2.32. The molecule has 0 radical (unpaired) electrons. The van der Waals surface area contributed by atoms with Crippen molar-refractivity contribution in [3.05, 3.63) is 47.2 Å². The quantitative estimate of drug-likeness (QED) is 0.730. The molecular formula is C16H17ClN4OS. The molecule has 0 unspecified atom stereocenters. The van der Waals surface area contributed by atoms with Crippen LogP contribution in [0.15, 0.2) is 40.2 Å². The molecular weight excluding hydrogens is 332 g/mol. The van der Waals surface area contributed by atoms with Gasteiger partial charge in [-0.25, -0.2) is 0 Å². The molecule has 3 heterocycles. The number of hydrogen-bond donors (Lipinski definition) is 1. The maximum Gasteiger partial charge on any atom is 0.246 e. The number of hydrogen-bond acceptors (Lipinski definition) is 6. The molecule has 5 nitrogen and oxygen atoms in total. The second-order valence-electron chi connectivity index (χ2n) is 5.36. The van der Waals surface area contributed by atoms with Crippen molar-refractivity contribution in [1.29, 1.82) is 0 Å². The third-order valence-corrected chi connectivity index (χ3v) is 4.78. The fourth-order valence-corrected chi connectivity index (χ4v) is 3.53. The molecule has 0 saturated carbocycles. The Labute approximate surface area is 144 Å². The molecule has 0 atom stereocenters. The van der Waals surface area contributed by atoms with Crippen molar-refractivity contribution in [1.82, 2.24) is 10.1 Å². The van der Waals surface area contributed by atoms with Gasteiger partial charge in [-0.15, -0.1) is 23.7 Å². The number of fused-ring (bicyclic) bond motifs is 1. The number of benzene rings is 1. The zero-order chi connectivity index (χ0) is 14.9. The van der Waals surface area contributed by atoms with Crippen LogP contribution < -0.4 is 10.6 Å². The van der Waals surface area contributed by atoms with Crippen LogP contribution in [-0.4, -0.2) is 16.7 Å². The molecule has 0 bridgehead atoms. The molecule has 0 aliphatic carbocycles. The summed E-state index contributed by atoms with van der Waals surface area (Å²) in [5, 5.41) is 6.08. The minimum Gasteiger partial charge on any atom is -0.398 e. The fraction of sp³-hybridized carbons (Fsp3) is 0.250. The minimum atomic E-state index is 0. The normalized spacial score (nSPS) is 13.5. The summed E-state index contributed by atoms with van der Waals surface area (Å²) in [4.78, 5) is 7.79. The molecule has 3 aromatic rings. The zero-order valence-electron chi connectivity index (χ0n) is 12.4. The summed E-state index contributed by atoms with van der Waals surface area (Å²) in [5.74, 6) is 1.30. The van der Waals surface area contributed by atoms with Crippen LogP contribution in [0.3, 0.4) is 0 Å². The van der Waals surface area contributed by atoms with E-state index in [1.807, 2.05) is 29.6 Å². The first-order valence-electron chi connectivity index (χ1n) is 7.30.